The van der Waals surface area contributed by atoms with Gasteiger partial charge in [0.15, 0.2) is 0 Å². The van der Waals surface area contributed by atoms with Crippen molar-refractivity contribution in [1.82, 2.24) is 0 Å². The number of hydrogen-bond acceptors (Lipinski definition) is 0. The van der Waals surface area contributed by atoms with Gasteiger partial charge in [-0.05, 0) is 0 Å². The van der Waals surface area contributed by atoms with Crippen LogP contribution in [0.1, 0.15) is 0 Å². The molecule has 0 fully saturated rings. The van der Waals surface area contributed by atoms with E-state index in [1.807, 2.05) is 0 Å². The average Bonchev–Trinajstić information content (AvgIpc) is 0.918. The fourth-order valence-corrected chi connectivity index (χ4v) is 0. The van der Waals surface area contributed by atoms with Crippen LogP contribution in [-0.4, -0.2) is 46.5 Å². The van der Waals surface area contributed by atoms with Crippen LogP contribution in [0.2, 0.25) is 0 Å². The maximum atomic E-state index is 2.09. The summed E-state index contributed by atoms with van der Waals surface area (Å²) >= 11 is 4.76. The second-order valence-corrected chi connectivity index (χ2v) is 11.2. The third kappa shape index (κ3) is 25.7. The van der Waals surface area contributed by atoms with Crippen molar-refractivity contribution in [3.63, 3.8) is 0 Å². The van der Waals surface area contributed by atoms with Gasteiger partial charge in [-0.2, -0.15) is 0 Å². The van der Waals surface area contributed by atoms with Crippen LogP contribution >= 0.6 is 0 Å². The second-order valence-electron chi connectivity index (χ2n) is 0.302. The molecule has 0 rings (SSSR count). The predicted octanol–water partition coefficient (Wildman–Crippen LogP) is -3.29. The van der Waals surface area contributed by atoms with Crippen molar-refractivity contribution < 1.29 is 54.6 Å². The van der Waals surface area contributed by atoms with Gasteiger partial charge in [-0.3, -0.25) is 0 Å². The summed E-state index contributed by atoms with van der Waals surface area (Å²) in [6.45, 7) is 0. The first kappa shape index (κ1) is 22.7. The molecular weight excluding hydrogens is 286 g/mol. The Morgan fingerprint density at radius 3 is 1.00 bits per heavy atom. The second kappa shape index (κ2) is 23.5. The predicted molar refractivity (Wildman–Crippen MR) is 28.4 cm³/mol. The van der Waals surface area contributed by atoms with E-state index in [-0.39, 0.29) is 61.0 Å². The first-order chi connectivity index (χ1) is 1.41. The zero-order valence-corrected chi connectivity index (χ0v) is 11.4. The van der Waals surface area contributed by atoms with Crippen LogP contribution in [0.5, 0.6) is 0 Å². The molecule has 0 N–H and O–H groups in total. The summed E-state index contributed by atoms with van der Waals surface area (Å²) in [5.41, 5.74) is 0. The molecule has 0 aliphatic heterocycles. The molecule has 0 nitrogen and oxygen atoms in total. The van der Waals surface area contributed by atoms with Crippen LogP contribution < -0.4 is 0 Å². The molecule has 0 aromatic heterocycles. The van der Waals surface area contributed by atoms with Crippen molar-refractivity contribution in [2.75, 3.05) is 0 Å². The molecule has 0 aromatic rings. The van der Waals surface area contributed by atoms with Gasteiger partial charge >= 0.3 is 57.7 Å². The van der Waals surface area contributed by atoms with Crippen molar-refractivity contribution in [2.24, 2.45) is 0 Å². The average molecular weight is 294 g/mol. The summed E-state index contributed by atoms with van der Waals surface area (Å²) in [4.78, 5) is 0. The van der Waals surface area contributed by atoms with Crippen LogP contribution in [0, 0.1) is 0 Å². The Hall–Kier alpha value is 3.56. The topological polar surface area (TPSA) is 0 Å². The maximum absolute atomic E-state index is 2.09. The van der Waals surface area contributed by atoms with E-state index in [2.05, 4.69) is 11.2 Å². The summed E-state index contributed by atoms with van der Waals surface area (Å²) in [6, 6.07) is 0. The molecule has 0 saturated heterocycles. The van der Waals surface area contributed by atoms with Gasteiger partial charge in [0, 0.05) is 43.4 Å². The molecule has 0 saturated carbocycles. The van der Waals surface area contributed by atoms with Crippen molar-refractivity contribution in [1.29, 1.82) is 0 Å². The summed E-state index contributed by atoms with van der Waals surface area (Å²) in [6.07, 6.45) is 0. The third-order valence-electron chi connectivity index (χ3n) is 0. The summed E-state index contributed by atoms with van der Waals surface area (Å²) < 4.78 is 0. The van der Waals surface area contributed by atoms with Crippen LogP contribution in [0.3, 0.4) is 0 Å². The first-order valence-corrected chi connectivity index (χ1v) is 7.46. The molecule has 0 bridgehead atoms. The van der Waals surface area contributed by atoms with E-state index < -0.39 is 0 Å². The van der Waals surface area contributed by atoms with Crippen molar-refractivity contribution in [2.45, 2.75) is 0 Å². The molecule has 37 valence electrons. The Kier molecular flexibility index (Phi) is 88.9. The minimum Gasteiger partial charge on any atom is 0 e. The van der Waals surface area contributed by atoms with E-state index >= 15 is 0 Å². The minimum absolute atomic E-state index is 0. The van der Waals surface area contributed by atoms with E-state index in [4.69, 9.17) is 0 Å². The Morgan fingerprint density at radius 2 is 1.00 bits per heavy atom. The van der Waals surface area contributed by atoms with Crippen LogP contribution in [-0.2, 0) is 54.6 Å². The molecule has 0 atom stereocenters. The van der Waals surface area contributed by atoms with Crippen LogP contribution in [0.15, 0.2) is 0 Å². The normalized spacial score (nSPS) is 3.33. The quantitative estimate of drug-likeness (QED) is 0.411. The van der Waals surface area contributed by atoms with E-state index in [1.54, 1.807) is 0 Å². The summed E-state index contributed by atoms with van der Waals surface area (Å²) in [7, 11) is 0. The van der Waals surface area contributed by atoms with Gasteiger partial charge in [-0.1, -0.05) is 0 Å². The van der Waals surface area contributed by atoms with Crippen LogP contribution in [0.25, 0.3) is 0 Å². The Bertz CT molecular complexity index is 11.5. The van der Waals surface area contributed by atoms with E-state index in [9.17, 15) is 0 Å². The minimum atomic E-state index is 0. The van der Waals surface area contributed by atoms with Gasteiger partial charge in [0.05, 0.1) is 0 Å². The Balaban J connectivity index is -0.00000000667. The third-order valence-corrected chi connectivity index (χ3v) is 0. The standard InChI is InChI=1S/2Al.Cu.GeH4.2Ti.4H/h;;;1H4;;;;;;. The van der Waals surface area contributed by atoms with E-state index in [0.717, 1.165) is 0 Å². The molecule has 6 heteroatoms. The van der Waals surface area contributed by atoms with E-state index in [0.29, 0.717) is 0 Å². The van der Waals surface area contributed by atoms with Crippen molar-refractivity contribution in [3.05, 3.63) is 0 Å². The molecule has 0 amide bonds. The van der Waals surface area contributed by atoms with Gasteiger partial charge in [-0.15, -0.1) is 0 Å². The zero-order valence-electron chi connectivity index (χ0n) is 3.30. The molecule has 0 unspecified atom stereocenters. The first-order valence-electron chi connectivity index (χ1n) is 0.603. The van der Waals surface area contributed by atoms with Gasteiger partial charge in [0.25, 0.3) is 0 Å². The Morgan fingerprint density at radius 1 is 1.00 bits per heavy atom. The molecular formula is H8Al2CuGeTi2. The smallest absolute Gasteiger partial charge is 0 e. The Labute approximate surface area is 99.1 Å². The van der Waals surface area contributed by atoms with Gasteiger partial charge < -0.3 is 0 Å². The SMILES string of the molecule is [AlH2][Cu][AlH2].[GeH4].[Ti].[Ti]. The largest absolute Gasteiger partial charge is 0 e. The number of rotatable bonds is 0. The van der Waals surface area contributed by atoms with Gasteiger partial charge in [-0.25, -0.2) is 0 Å². The van der Waals surface area contributed by atoms with Crippen LogP contribution in [0.4, 0.5) is 0 Å². The van der Waals surface area contributed by atoms with Crippen molar-refractivity contribution in [3.8, 4) is 0 Å². The monoisotopic (exact) mass is 295 g/mol. The van der Waals surface area contributed by atoms with Gasteiger partial charge in [0.1, 0.15) is 0 Å². The molecule has 0 heterocycles. The molecule has 0 aromatic carbocycles. The molecule has 0 aliphatic rings. The fraction of sp³-hybridized carbons (Fsp3) is 0. The zero-order chi connectivity index (χ0) is 2.71. The molecule has 6 heavy (non-hydrogen) atoms. The fourth-order valence-electron chi connectivity index (χ4n) is 0. The summed E-state index contributed by atoms with van der Waals surface area (Å²) in [5.74, 6) is 0. The molecule has 0 spiro atoms. The maximum Gasteiger partial charge on any atom is 0 e. The molecule has 0 aliphatic carbocycles. The molecule has 0 radical (unpaired) electrons. The summed E-state index contributed by atoms with van der Waals surface area (Å²) in [5, 5.41) is 0. The van der Waals surface area contributed by atoms with Gasteiger partial charge in [0.2, 0.25) is 0 Å². The number of hydrogen-bond donors (Lipinski definition) is 0. The van der Waals surface area contributed by atoms with E-state index in [1.165, 1.54) is 28.9 Å². The van der Waals surface area contributed by atoms with Crippen molar-refractivity contribution >= 4 is 46.5 Å².